The van der Waals surface area contributed by atoms with Gasteiger partial charge in [0.25, 0.3) is 0 Å². The van der Waals surface area contributed by atoms with E-state index in [1.54, 1.807) is 12.3 Å². The molecule has 0 radical (unpaired) electrons. The number of aryl methyl sites for hydroxylation is 1. The summed E-state index contributed by atoms with van der Waals surface area (Å²) in [5, 5.41) is 3.80. The molecule has 0 aliphatic carbocycles. The highest BCUT2D eigenvalue weighted by molar-refractivity contribution is 5.80. The van der Waals surface area contributed by atoms with Crippen LogP contribution in [0.4, 0.5) is 0 Å². The first-order valence-electron chi connectivity index (χ1n) is 4.16. The van der Waals surface area contributed by atoms with E-state index in [1.165, 1.54) is 5.56 Å². The summed E-state index contributed by atoms with van der Waals surface area (Å²) in [6.45, 7) is 6.01. The standard InChI is InChI=1S/C11H13NO/c1-3-8-13-12-9-11-7-5-4-6-10(11)2/h3-7,9H,1,8H2,2H3/b12-9+. The maximum Gasteiger partial charge on any atom is 0.135 e. The molecule has 68 valence electrons. The van der Waals surface area contributed by atoms with E-state index in [0.717, 1.165) is 5.56 Å². The van der Waals surface area contributed by atoms with E-state index in [0.29, 0.717) is 6.61 Å². The summed E-state index contributed by atoms with van der Waals surface area (Å²) in [4.78, 5) is 4.89. The molecule has 0 unspecified atom stereocenters. The monoisotopic (exact) mass is 175 g/mol. The second kappa shape index (κ2) is 5.14. The molecule has 0 heterocycles. The number of hydrogen-bond acceptors (Lipinski definition) is 2. The lowest BCUT2D eigenvalue weighted by atomic mass is 10.1. The second-order valence-corrected chi connectivity index (χ2v) is 2.68. The van der Waals surface area contributed by atoms with E-state index < -0.39 is 0 Å². The lowest BCUT2D eigenvalue weighted by Gasteiger charge is -1.97. The van der Waals surface area contributed by atoms with Crippen molar-refractivity contribution in [1.29, 1.82) is 0 Å². The molecule has 0 spiro atoms. The van der Waals surface area contributed by atoms with Crippen molar-refractivity contribution >= 4 is 6.21 Å². The van der Waals surface area contributed by atoms with E-state index >= 15 is 0 Å². The lowest BCUT2D eigenvalue weighted by molar-refractivity contribution is 0.176. The van der Waals surface area contributed by atoms with Crippen LogP contribution in [-0.2, 0) is 4.84 Å². The minimum absolute atomic E-state index is 0.447. The molecule has 2 nitrogen and oxygen atoms in total. The van der Waals surface area contributed by atoms with E-state index in [2.05, 4.69) is 11.7 Å². The third kappa shape index (κ3) is 3.11. The van der Waals surface area contributed by atoms with Crippen molar-refractivity contribution in [1.82, 2.24) is 0 Å². The second-order valence-electron chi connectivity index (χ2n) is 2.68. The number of hydrogen-bond donors (Lipinski definition) is 0. The van der Waals surface area contributed by atoms with Crippen molar-refractivity contribution in [3.63, 3.8) is 0 Å². The molecule has 0 fully saturated rings. The van der Waals surface area contributed by atoms with Gasteiger partial charge in [-0.2, -0.15) is 0 Å². The Morgan fingerprint density at radius 2 is 2.23 bits per heavy atom. The average Bonchev–Trinajstić information content (AvgIpc) is 2.15. The highest BCUT2D eigenvalue weighted by Crippen LogP contribution is 2.03. The Balaban J connectivity index is 2.58. The topological polar surface area (TPSA) is 21.6 Å². The number of oxime groups is 1. The molecule has 0 saturated heterocycles. The van der Waals surface area contributed by atoms with Crippen LogP contribution in [0, 0.1) is 6.92 Å². The van der Waals surface area contributed by atoms with Crippen LogP contribution >= 0.6 is 0 Å². The first-order chi connectivity index (χ1) is 6.34. The van der Waals surface area contributed by atoms with Gasteiger partial charge in [-0.1, -0.05) is 42.1 Å². The molecule has 1 aromatic rings. The van der Waals surface area contributed by atoms with Gasteiger partial charge in [-0.05, 0) is 18.1 Å². The fourth-order valence-electron chi connectivity index (χ4n) is 0.921. The Kier molecular flexibility index (Phi) is 3.76. The molecule has 13 heavy (non-hydrogen) atoms. The van der Waals surface area contributed by atoms with Crippen LogP contribution in [0.3, 0.4) is 0 Å². The Morgan fingerprint density at radius 1 is 1.46 bits per heavy atom. The molecular formula is C11H13NO. The molecule has 2 heteroatoms. The number of nitrogens with zero attached hydrogens (tertiary/aromatic N) is 1. The van der Waals surface area contributed by atoms with Gasteiger partial charge in [-0.3, -0.25) is 0 Å². The average molecular weight is 175 g/mol. The Hall–Kier alpha value is -1.57. The molecule has 0 amide bonds. The summed E-state index contributed by atoms with van der Waals surface area (Å²) in [6.07, 6.45) is 3.37. The van der Waals surface area contributed by atoms with E-state index in [9.17, 15) is 0 Å². The zero-order valence-electron chi connectivity index (χ0n) is 7.73. The summed E-state index contributed by atoms with van der Waals surface area (Å²) in [5.74, 6) is 0. The molecule has 1 aromatic carbocycles. The third-order valence-corrected chi connectivity index (χ3v) is 1.65. The molecule has 0 aliphatic rings. The maximum atomic E-state index is 4.89. The van der Waals surface area contributed by atoms with E-state index in [1.807, 2.05) is 31.2 Å². The first-order valence-corrected chi connectivity index (χ1v) is 4.16. The predicted octanol–water partition coefficient (Wildman–Crippen LogP) is 2.53. The molecule has 0 N–H and O–H groups in total. The van der Waals surface area contributed by atoms with Crippen LogP contribution in [0.2, 0.25) is 0 Å². The summed E-state index contributed by atoms with van der Waals surface area (Å²) in [6, 6.07) is 8.00. The van der Waals surface area contributed by atoms with Gasteiger partial charge in [0, 0.05) is 0 Å². The first kappa shape index (κ1) is 9.52. The maximum absolute atomic E-state index is 4.89. The minimum Gasteiger partial charge on any atom is -0.392 e. The van der Waals surface area contributed by atoms with E-state index in [4.69, 9.17) is 4.84 Å². The van der Waals surface area contributed by atoms with Gasteiger partial charge >= 0.3 is 0 Å². The number of benzene rings is 1. The Morgan fingerprint density at radius 3 is 2.92 bits per heavy atom. The largest absolute Gasteiger partial charge is 0.392 e. The fourth-order valence-corrected chi connectivity index (χ4v) is 0.921. The smallest absolute Gasteiger partial charge is 0.135 e. The molecular weight excluding hydrogens is 162 g/mol. The van der Waals surface area contributed by atoms with Crippen molar-refractivity contribution in [3.8, 4) is 0 Å². The molecule has 0 saturated carbocycles. The van der Waals surface area contributed by atoms with Crippen LogP contribution in [-0.4, -0.2) is 12.8 Å². The Bertz CT molecular complexity index is 305. The van der Waals surface area contributed by atoms with E-state index in [-0.39, 0.29) is 0 Å². The van der Waals surface area contributed by atoms with Crippen molar-refractivity contribution in [2.24, 2.45) is 5.16 Å². The normalized spacial score (nSPS) is 10.2. The quantitative estimate of drug-likeness (QED) is 0.298. The van der Waals surface area contributed by atoms with Gasteiger partial charge in [-0.25, -0.2) is 0 Å². The highest BCUT2D eigenvalue weighted by Gasteiger charge is 1.90. The van der Waals surface area contributed by atoms with Crippen molar-refractivity contribution in [3.05, 3.63) is 48.0 Å². The SMILES string of the molecule is C=CCO/N=C/c1ccccc1C. The lowest BCUT2D eigenvalue weighted by Crippen LogP contribution is -1.87. The van der Waals surface area contributed by atoms with Crippen molar-refractivity contribution in [2.45, 2.75) is 6.92 Å². The summed E-state index contributed by atoms with van der Waals surface area (Å²) < 4.78 is 0. The molecule has 1 rings (SSSR count). The fraction of sp³-hybridized carbons (Fsp3) is 0.182. The van der Waals surface area contributed by atoms with Crippen LogP contribution in [0.1, 0.15) is 11.1 Å². The van der Waals surface area contributed by atoms with Crippen LogP contribution in [0.25, 0.3) is 0 Å². The molecule has 0 aliphatic heterocycles. The van der Waals surface area contributed by atoms with Crippen LogP contribution < -0.4 is 0 Å². The summed E-state index contributed by atoms with van der Waals surface area (Å²) >= 11 is 0. The predicted molar refractivity (Wildman–Crippen MR) is 54.9 cm³/mol. The molecule has 0 atom stereocenters. The van der Waals surface area contributed by atoms with Gasteiger partial charge in [0.05, 0.1) is 6.21 Å². The van der Waals surface area contributed by atoms with Gasteiger partial charge < -0.3 is 4.84 Å². The zero-order chi connectivity index (χ0) is 9.52. The zero-order valence-corrected chi connectivity index (χ0v) is 7.73. The highest BCUT2D eigenvalue weighted by atomic mass is 16.6. The Labute approximate surface area is 78.5 Å². The molecule has 0 bridgehead atoms. The van der Waals surface area contributed by atoms with Gasteiger partial charge in [-0.15, -0.1) is 0 Å². The summed E-state index contributed by atoms with van der Waals surface area (Å²) in [5.41, 5.74) is 2.26. The van der Waals surface area contributed by atoms with Gasteiger partial charge in [0.1, 0.15) is 6.61 Å². The van der Waals surface area contributed by atoms with Crippen molar-refractivity contribution < 1.29 is 4.84 Å². The minimum atomic E-state index is 0.447. The van der Waals surface area contributed by atoms with Crippen LogP contribution in [0.15, 0.2) is 42.1 Å². The molecule has 0 aromatic heterocycles. The van der Waals surface area contributed by atoms with Crippen molar-refractivity contribution in [2.75, 3.05) is 6.61 Å². The van der Waals surface area contributed by atoms with Gasteiger partial charge in [0.2, 0.25) is 0 Å². The van der Waals surface area contributed by atoms with Gasteiger partial charge in [0.15, 0.2) is 0 Å². The summed E-state index contributed by atoms with van der Waals surface area (Å²) in [7, 11) is 0. The third-order valence-electron chi connectivity index (χ3n) is 1.65. The van der Waals surface area contributed by atoms with Crippen LogP contribution in [0.5, 0.6) is 0 Å². The number of rotatable bonds is 4.